The highest BCUT2D eigenvalue weighted by Gasteiger charge is 2.46. The molecule has 0 aromatic heterocycles. The second kappa shape index (κ2) is 4.88. The number of nitrogens with two attached hydrogens (primary N) is 1. The van der Waals surface area contributed by atoms with E-state index in [9.17, 15) is 9.59 Å². The first-order valence-electron chi connectivity index (χ1n) is 4.51. The summed E-state index contributed by atoms with van der Waals surface area (Å²) in [5.74, 6) is -0.839. The van der Waals surface area contributed by atoms with Crippen molar-refractivity contribution in [3.05, 3.63) is 22.2 Å². The van der Waals surface area contributed by atoms with Crippen LogP contribution in [0.3, 0.4) is 0 Å². The minimum absolute atomic E-state index is 0.0305. The van der Waals surface area contributed by atoms with Gasteiger partial charge in [-0.25, -0.2) is 0 Å². The van der Waals surface area contributed by atoms with Crippen molar-refractivity contribution < 1.29 is 9.59 Å². The molecule has 3 nitrogen and oxygen atoms in total. The van der Waals surface area contributed by atoms with E-state index in [1.54, 1.807) is 0 Å². The van der Waals surface area contributed by atoms with E-state index < -0.39 is 16.7 Å². The van der Waals surface area contributed by atoms with Crippen LogP contribution in [0.5, 0.6) is 0 Å². The lowest BCUT2D eigenvalue weighted by Gasteiger charge is -2.32. The Hall–Kier alpha value is -0.350. The van der Waals surface area contributed by atoms with Crippen LogP contribution >= 0.6 is 34.8 Å². The van der Waals surface area contributed by atoms with E-state index in [2.05, 4.69) is 0 Å². The standard InChI is InChI=1S/C10H10Cl3NO2/c1-5(15)4-8(16)10(13)7(14)3-2-6(11)9(10)12/h2-3,7H,4,14H2,1H3. The summed E-state index contributed by atoms with van der Waals surface area (Å²) in [7, 11) is 0. The highest BCUT2D eigenvalue weighted by molar-refractivity contribution is 6.51. The summed E-state index contributed by atoms with van der Waals surface area (Å²) in [4.78, 5) is 21.1. The van der Waals surface area contributed by atoms with Crippen LogP contribution < -0.4 is 5.73 Å². The third kappa shape index (κ3) is 2.33. The molecule has 0 saturated heterocycles. The van der Waals surface area contributed by atoms with Gasteiger partial charge in [-0.1, -0.05) is 29.3 Å². The van der Waals surface area contributed by atoms with Gasteiger partial charge < -0.3 is 5.73 Å². The Balaban J connectivity index is 3.12. The van der Waals surface area contributed by atoms with Crippen molar-refractivity contribution in [2.75, 3.05) is 0 Å². The number of rotatable bonds is 3. The lowest BCUT2D eigenvalue weighted by molar-refractivity contribution is -0.127. The maximum Gasteiger partial charge on any atom is 0.168 e. The molecule has 0 aromatic carbocycles. The molecule has 0 amide bonds. The summed E-state index contributed by atoms with van der Waals surface area (Å²) in [6, 6.07) is -0.795. The van der Waals surface area contributed by atoms with Crippen molar-refractivity contribution in [1.82, 2.24) is 0 Å². The van der Waals surface area contributed by atoms with Crippen LogP contribution in [0, 0.1) is 0 Å². The predicted molar refractivity (Wildman–Crippen MR) is 64.7 cm³/mol. The molecule has 2 N–H and O–H groups in total. The molecule has 0 aromatic rings. The summed E-state index contributed by atoms with van der Waals surface area (Å²) in [5, 5.41) is 0.132. The summed E-state index contributed by atoms with van der Waals surface area (Å²) < 4.78 is 0. The van der Waals surface area contributed by atoms with Gasteiger partial charge in [0.15, 0.2) is 10.7 Å². The van der Waals surface area contributed by atoms with E-state index in [4.69, 9.17) is 40.5 Å². The monoisotopic (exact) mass is 281 g/mol. The fourth-order valence-electron chi connectivity index (χ4n) is 1.38. The van der Waals surface area contributed by atoms with Crippen LogP contribution in [-0.2, 0) is 9.59 Å². The van der Waals surface area contributed by atoms with Crippen molar-refractivity contribution in [2.45, 2.75) is 24.3 Å². The first kappa shape index (κ1) is 13.7. The van der Waals surface area contributed by atoms with Gasteiger partial charge in [-0.15, -0.1) is 11.6 Å². The molecular weight excluding hydrogens is 272 g/mol. The summed E-state index contributed by atoms with van der Waals surface area (Å²) in [6.45, 7) is 1.29. The molecule has 0 saturated carbocycles. The van der Waals surface area contributed by atoms with Gasteiger partial charge in [-0.2, -0.15) is 0 Å². The SMILES string of the molecule is CC(=O)CC(=O)C1(Cl)C(Cl)=C(Cl)C=CC1N. The Morgan fingerprint density at radius 2 is 2.06 bits per heavy atom. The van der Waals surface area contributed by atoms with Crippen LogP contribution in [0.4, 0.5) is 0 Å². The van der Waals surface area contributed by atoms with Gasteiger partial charge in [-0.3, -0.25) is 9.59 Å². The zero-order valence-electron chi connectivity index (χ0n) is 8.47. The number of ketones is 2. The fourth-order valence-corrected chi connectivity index (χ4v) is 2.18. The van der Waals surface area contributed by atoms with Gasteiger partial charge in [-0.05, 0) is 13.0 Å². The molecule has 0 fully saturated rings. The minimum atomic E-state index is -1.63. The molecule has 0 radical (unpaired) electrons. The lowest BCUT2D eigenvalue weighted by atomic mass is 9.88. The van der Waals surface area contributed by atoms with Crippen LogP contribution in [-0.4, -0.2) is 22.5 Å². The van der Waals surface area contributed by atoms with E-state index in [1.165, 1.54) is 19.1 Å². The Morgan fingerprint density at radius 3 is 2.56 bits per heavy atom. The number of hydrogen-bond donors (Lipinski definition) is 1. The van der Waals surface area contributed by atoms with Gasteiger partial charge in [0.1, 0.15) is 5.78 Å². The van der Waals surface area contributed by atoms with Crippen molar-refractivity contribution in [1.29, 1.82) is 0 Å². The zero-order chi connectivity index (χ0) is 12.5. The molecule has 0 heterocycles. The molecular formula is C10H10Cl3NO2. The minimum Gasteiger partial charge on any atom is -0.322 e. The number of hydrogen-bond acceptors (Lipinski definition) is 3. The van der Waals surface area contributed by atoms with Gasteiger partial charge >= 0.3 is 0 Å². The van der Waals surface area contributed by atoms with E-state index in [0.717, 1.165) is 0 Å². The van der Waals surface area contributed by atoms with E-state index in [0.29, 0.717) is 0 Å². The first-order valence-corrected chi connectivity index (χ1v) is 5.64. The number of Topliss-reactive ketones (excluding diaryl/α,β-unsaturated/α-hetero) is 2. The molecule has 2 unspecified atom stereocenters. The van der Waals surface area contributed by atoms with Gasteiger partial charge in [0.25, 0.3) is 0 Å². The Labute approximate surface area is 108 Å². The molecule has 1 rings (SSSR count). The number of carbonyl (C=O) groups is 2. The third-order valence-electron chi connectivity index (χ3n) is 2.25. The summed E-state index contributed by atoms with van der Waals surface area (Å²) >= 11 is 17.8. The third-order valence-corrected chi connectivity index (χ3v) is 3.92. The smallest absolute Gasteiger partial charge is 0.168 e. The molecule has 0 aliphatic heterocycles. The molecule has 88 valence electrons. The molecule has 0 spiro atoms. The van der Waals surface area contributed by atoms with Gasteiger partial charge in [0.2, 0.25) is 0 Å². The van der Waals surface area contributed by atoms with Crippen LogP contribution in [0.25, 0.3) is 0 Å². The fraction of sp³-hybridized carbons (Fsp3) is 0.400. The number of allylic oxidation sites excluding steroid dienone is 2. The highest BCUT2D eigenvalue weighted by atomic mass is 35.5. The molecule has 1 aliphatic rings. The number of halogens is 3. The zero-order valence-corrected chi connectivity index (χ0v) is 10.7. The van der Waals surface area contributed by atoms with Crippen molar-refractivity contribution in [2.24, 2.45) is 5.73 Å². The summed E-state index contributed by atoms with van der Waals surface area (Å²) in [6.07, 6.45) is 2.65. The molecule has 1 aliphatic carbocycles. The second-order valence-corrected chi connectivity index (χ2v) is 4.94. The largest absolute Gasteiger partial charge is 0.322 e. The molecule has 6 heteroatoms. The van der Waals surface area contributed by atoms with E-state index in [1.807, 2.05) is 0 Å². The van der Waals surface area contributed by atoms with Crippen molar-refractivity contribution >= 4 is 46.4 Å². The maximum atomic E-state index is 11.9. The first-order chi connectivity index (χ1) is 7.30. The highest BCUT2D eigenvalue weighted by Crippen LogP contribution is 2.40. The van der Waals surface area contributed by atoms with E-state index in [-0.39, 0.29) is 22.3 Å². The van der Waals surface area contributed by atoms with Crippen molar-refractivity contribution in [3.8, 4) is 0 Å². The second-order valence-electron chi connectivity index (χ2n) is 3.56. The number of carbonyl (C=O) groups excluding carboxylic acids is 2. The molecule has 16 heavy (non-hydrogen) atoms. The predicted octanol–water partition coefficient (Wildman–Crippen LogP) is 2.10. The van der Waals surface area contributed by atoms with Gasteiger partial charge in [0, 0.05) is 0 Å². The average molecular weight is 283 g/mol. The van der Waals surface area contributed by atoms with Crippen molar-refractivity contribution in [3.63, 3.8) is 0 Å². The Morgan fingerprint density at radius 1 is 1.50 bits per heavy atom. The Kier molecular flexibility index (Phi) is 4.18. The quantitative estimate of drug-likeness (QED) is 0.637. The molecule has 2 atom stereocenters. The topological polar surface area (TPSA) is 60.2 Å². The normalized spacial score (nSPS) is 29.4. The molecule has 0 bridgehead atoms. The van der Waals surface area contributed by atoms with Crippen LogP contribution in [0.15, 0.2) is 22.2 Å². The summed E-state index contributed by atoms with van der Waals surface area (Å²) in [5.41, 5.74) is 5.71. The number of alkyl halides is 1. The lowest BCUT2D eigenvalue weighted by Crippen LogP contribution is -2.50. The maximum absolute atomic E-state index is 11.9. The van der Waals surface area contributed by atoms with Crippen LogP contribution in [0.1, 0.15) is 13.3 Å². The van der Waals surface area contributed by atoms with Gasteiger partial charge in [0.05, 0.1) is 22.5 Å². The van der Waals surface area contributed by atoms with E-state index >= 15 is 0 Å². The average Bonchev–Trinajstić information content (AvgIpc) is 2.19. The Bertz CT molecular complexity index is 403. The van der Waals surface area contributed by atoms with Crippen LogP contribution in [0.2, 0.25) is 0 Å².